The number of benzene rings is 1. The zero-order chi connectivity index (χ0) is 20.4. The third kappa shape index (κ3) is 9.69. The molecular weight excluding hydrogens is 479 g/mol. The molecule has 1 aromatic carbocycles. The van der Waals surface area contributed by atoms with Gasteiger partial charge in [0, 0.05) is 34.2 Å². The molecule has 0 heterocycles. The number of halogens is 1. The van der Waals surface area contributed by atoms with Gasteiger partial charge < -0.3 is 20.3 Å². The molecule has 2 N–H and O–H groups in total. The molecule has 1 saturated carbocycles. The van der Waals surface area contributed by atoms with Crippen molar-refractivity contribution in [2.24, 2.45) is 16.8 Å². The van der Waals surface area contributed by atoms with Crippen molar-refractivity contribution in [1.82, 2.24) is 15.5 Å². The number of aliphatic imine (C=N–C) groups is 1. The summed E-state index contributed by atoms with van der Waals surface area (Å²) in [4.78, 5) is 17.5. The molecule has 1 aromatic rings. The second kappa shape index (κ2) is 13.7. The van der Waals surface area contributed by atoms with E-state index in [4.69, 9.17) is 4.74 Å². The van der Waals surface area contributed by atoms with E-state index in [0.717, 1.165) is 29.9 Å². The molecular formula is C22H37IN4O2. The third-order valence-corrected chi connectivity index (χ3v) is 5.33. The molecule has 2 unspecified atom stereocenters. The molecule has 29 heavy (non-hydrogen) atoms. The molecule has 164 valence electrons. The molecule has 0 aliphatic heterocycles. The van der Waals surface area contributed by atoms with Crippen LogP contribution in [0.5, 0.6) is 5.75 Å². The Bertz CT molecular complexity index is 651. The average Bonchev–Trinajstić information content (AvgIpc) is 2.69. The summed E-state index contributed by atoms with van der Waals surface area (Å²) in [5.41, 5.74) is 1.08. The quantitative estimate of drug-likeness (QED) is 0.315. The summed E-state index contributed by atoms with van der Waals surface area (Å²) in [5, 5.41) is 6.78. The maximum Gasteiger partial charge on any atom is 0.259 e. The molecule has 7 heteroatoms. The predicted molar refractivity (Wildman–Crippen MR) is 130 cm³/mol. The molecule has 0 radical (unpaired) electrons. The fraction of sp³-hybridized carbons (Fsp3) is 0.636. The van der Waals surface area contributed by atoms with Crippen molar-refractivity contribution in [2.75, 3.05) is 34.3 Å². The van der Waals surface area contributed by atoms with Gasteiger partial charge in [-0.1, -0.05) is 38.3 Å². The molecule has 0 saturated heterocycles. The van der Waals surface area contributed by atoms with Gasteiger partial charge >= 0.3 is 0 Å². The number of guanidine groups is 1. The highest BCUT2D eigenvalue weighted by Crippen LogP contribution is 2.30. The summed E-state index contributed by atoms with van der Waals surface area (Å²) in [7, 11) is 5.24. The Morgan fingerprint density at radius 1 is 1.28 bits per heavy atom. The minimum Gasteiger partial charge on any atom is -0.484 e. The number of carbonyl (C=O) groups excluding carboxylic acids is 1. The van der Waals surface area contributed by atoms with E-state index in [2.05, 4.69) is 22.5 Å². The summed E-state index contributed by atoms with van der Waals surface area (Å²) in [6, 6.07) is 7.79. The Kier molecular flexibility index (Phi) is 12.0. The van der Waals surface area contributed by atoms with Gasteiger partial charge in [0.05, 0.1) is 0 Å². The van der Waals surface area contributed by atoms with Crippen LogP contribution in [0.2, 0.25) is 0 Å². The van der Waals surface area contributed by atoms with Crippen molar-refractivity contribution < 1.29 is 9.53 Å². The van der Waals surface area contributed by atoms with Gasteiger partial charge in [0.25, 0.3) is 5.91 Å². The molecule has 1 aliphatic carbocycles. The topological polar surface area (TPSA) is 66.0 Å². The second-order valence-corrected chi connectivity index (χ2v) is 8.00. The summed E-state index contributed by atoms with van der Waals surface area (Å²) in [6.45, 7) is 4.02. The minimum absolute atomic E-state index is 0. The Balaban J connectivity index is 0.00000420. The number of nitrogens with zero attached hydrogens (tertiary/aromatic N) is 2. The van der Waals surface area contributed by atoms with E-state index in [9.17, 15) is 4.79 Å². The first-order valence-electron chi connectivity index (χ1n) is 10.3. The number of likely N-dealkylation sites (N-methyl/N-ethyl adjacent to an activating group) is 1. The van der Waals surface area contributed by atoms with E-state index in [-0.39, 0.29) is 36.5 Å². The predicted octanol–water partition coefficient (Wildman–Crippen LogP) is 3.65. The van der Waals surface area contributed by atoms with Crippen LogP contribution in [0.25, 0.3) is 0 Å². The Hall–Kier alpha value is -1.51. The van der Waals surface area contributed by atoms with Crippen molar-refractivity contribution in [3.63, 3.8) is 0 Å². The average molecular weight is 516 g/mol. The van der Waals surface area contributed by atoms with Crippen LogP contribution in [0.3, 0.4) is 0 Å². The molecule has 0 spiro atoms. The van der Waals surface area contributed by atoms with Crippen LogP contribution in [-0.4, -0.2) is 51.1 Å². The van der Waals surface area contributed by atoms with Crippen molar-refractivity contribution in [1.29, 1.82) is 0 Å². The van der Waals surface area contributed by atoms with Gasteiger partial charge in [-0.15, -0.1) is 24.0 Å². The number of nitrogens with one attached hydrogen (secondary N) is 2. The molecule has 2 rings (SSSR count). The molecule has 0 aromatic heterocycles. The van der Waals surface area contributed by atoms with E-state index in [1.165, 1.54) is 37.0 Å². The maximum atomic E-state index is 11.7. The number of carbonyl (C=O) groups is 1. The largest absolute Gasteiger partial charge is 0.484 e. The van der Waals surface area contributed by atoms with Crippen LogP contribution >= 0.6 is 24.0 Å². The Morgan fingerprint density at radius 2 is 2.07 bits per heavy atom. The van der Waals surface area contributed by atoms with Gasteiger partial charge in [-0.25, -0.2) is 0 Å². The van der Waals surface area contributed by atoms with Crippen molar-refractivity contribution in [2.45, 2.75) is 45.6 Å². The first-order valence-corrected chi connectivity index (χ1v) is 10.3. The third-order valence-electron chi connectivity index (χ3n) is 5.33. The Morgan fingerprint density at radius 3 is 2.76 bits per heavy atom. The normalized spacial score (nSPS) is 19.1. The molecule has 2 atom stereocenters. The lowest BCUT2D eigenvalue weighted by molar-refractivity contribution is -0.130. The highest BCUT2D eigenvalue weighted by Gasteiger charge is 2.18. The van der Waals surface area contributed by atoms with Crippen LogP contribution in [0.1, 0.15) is 44.6 Å². The molecule has 1 amide bonds. The van der Waals surface area contributed by atoms with Gasteiger partial charge in [-0.3, -0.25) is 9.79 Å². The van der Waals surface area contributed by atoms with Gasteiger partial charge in [-0.05, 0) is 42.4 Å². The van der Waals surface area contributed by atoms with E-state index in [0.29, 0.717) is 12.3 Å². The van der Waals surface area contributed by atoms with E-state index >= 15 is 0 Å². The molecule has 1 aliphatic rings. The summed E-state index contributed by atoms with van der Waals surface area (Å²) >= 11 is 0. The lowest BCUT2D eigenvalue weighted by atomic mass is 9.81. The zero-order valence-electron chi connectivity index (χ0n) is 18.2. The van der Waals surface area contributed by atoms with Crippen LogP contribution in [0.15, 0.2) is 29.3 Å². The SMILES string of the molecule is CN=C(NCCC1CCCC(C)C1)NCc1cccc(OCC(=O)N(C)C)c1.I. The highest BCUT2D eigenvalue weighted by atomic mass is 127. The fourth-order valence-corrected chi connectivity index (χ4v) is 3.64. The number of ether oxygens (including phenoxy) is 1. The monoisotopic (exact) mass is 516 g/mol. The standard InChI is InChI=1S/C22H36N4O2.HI/c1-17-7-5-8-18(13-17)11-12-24-22(23-2)25-15-19-9-6-10-20(14-19)28-16-21(27)26(3)4;/h6,9-10,14,17-18H,5,7-8,11-13,15-16H2,1-4H3,(H2,23,24,25);1H. The van der Waals surface area contributed by atoms with Gasteiger partial charge in [-0.2, -0.15) is 0 Å². The molecule has 1 fully saturated rings. The zero-order valence-corrected chi connectivity index (χ0v) is 20.6. The lowest BCUT2D eigenvalue weighted by Gasteiger charge is -2.26. The summed E-state index contributed by atoms with van der Waals surface area (Å²) in [6.07, 6.45) is 6.68. The number of rotatable bonds is 8. The Labute approximate surface area is 192 Å². The van der Waals surface area contributed by atoms with Gasteiger partial charge in [0.15, 0.2) is 12.6 Å². The number of amides is 1. The minimum atomic E-state index is -0.0551. The molecule has 0 bridgehead atoms. The van der Waals surface area contributed by atoms with Crippen LogP contribution < -0.4 is 15.4 Å². The van der Waals surface area contributed by atoms with Crippen molar-refractivity contribution in [3.05, 3.63) is 29.8 Å². The van der Waals surface area contributed by atoms with Crippen LogP contribution in [0.4, 0.5) is 0 Å². The summed E-state index contributed by atoms with van der Waals surface area (Å²) in [5.74, 6) is 3.18. The van der Waals surface area contributed by atoms with E-state index in [1.807, 2.05) is 24.3 Å². The van der Waals surface area contributed by atoms with Crippen LogP contribution in [0, 0.1) is 11.8 Å². The van der Waals surface area contributed by atoms with E-state index < -0.39 is 0 Å². The number of hydrogen-bond acceptors (Lipinski definition) is 3. The molecule has 6 nitrogen and oxygen atoms in total. The first-order chi connectivity index (χ1) is 13.5. The second-order valence-electron chi connectivity index (χ2n) is 8.00. The number of hydrogen-bond donors (Lipinski definition) is 2. The van der Waals surface area contributed by atoms with Crippen LogP contribution in [-0.2, 0) is 11.3 Å². The fourth-order valence-electron chi connectivity index (χ4n) is 3.64. The van der Waals surface area contributed by atoms with Crippen molar-refractivity contribution >= 4 is 35.8 Å². The summed E-state index contributed by atoms with van der Waals surface area (Å²) < 4.78 is 5.58. The highest BCUT2D eigenvalue weighted by molar-refractivity contribution is 14.0. The smallest absolute Gasteiger partial charge is 0.259 e. The van der Waals surface area contributed by atoms with Crippen molar-refractivity contribution in [3.8, 4) is 5.75 Å². The van der Waals surface area contributed by atoms with Gasteiger partial charge in [0.1, 0.15) is 5.75 Å². The lowest BCUT2D eigenvalue weighted by Crippen LogP contribution is -2.38. The van der Waals surface area contributed by atoms with E-state index in [1.54, 1.807) is 21.1 Å². The van der Waals surface area contributed by atoms with Gasteiger partial charge in [0.2, 0.25) is 0 Å². The first kappa shape index (κ1) is 25.5. The maximum absolute atomic E-state index is 11.7.